The van der Waals surface area contributed by atoms with E-state index in [2.05, 4.69) is 9.71 Å². The molecule has 0 aliphatic carbocycles. The van der Waals surface area contributed by atoms with Crippen LogP contribution in [-0.4, -0.2) is 25.3 Å². The van der Waals surface area contributed by atoms with Gasteiger partial charge in [0.2, 0.25) is 0 Å². The van der Waals surface area contributed by atoms with E-state index in [9.17, 15) is 17.9 Å². The molecule has 3 aromatic rings. The minimum atomic E-state index is -3.91. The van der Waals surface area contributed by atoms with Crippen molar-refractivity contribution in [2.24, 2.45) is 4.99 Å². The van der Waals surface area contributed by atoms with Crippen molar-refractivity contribution in [3.05, 3.63) is 83.7 Å². The van der Waals surface area contributed by atoms with Gasteiger partial charge in [-0.1, -0.05) is 6.07 Å². The van der Waals surface area contributed by atoms with Gasteiger partial charge in [-0.2, -0.15) is 0 Å². The average Bonchev–Trinajstić information content (AvgIpc) is 2.73. The van der Waals surface area contributed by atoms with Crippen LogP contribution in [0.15, 0.2) is 76.6 Å². The van der Waals surface area contributed by atoms with Crippen molar-refractivity contribution >= 4 is 33.7 Å². The number of hydrogen-bond donors (Lipinski definition) is 2. The van der Waals surface area contributed by atoms with Gasteiger partial charge in [-0.3, -0.25) is 9.71 Å². The van der Waals surface area contributed by atoms with Gasteiger partial charge in [-0.15, -0.1) is 0 Å². The molecule has 6 nitrogen and oxygen atoms in total. The number of nitrogens with zero attached hydrogens (tertiary/aromatic N) is 1. The summed E-state index contributed by atoms with van der Waals surface area (Å²) in [5.41, 5.74) is 1.55. The van der Waals surface area contributed by atoms with Crippen molar-refractivity contribution in [2.75, 3.05) is 4.72 Å². The quantitative estimate of drug-likeness (QED) is 0.517. The Morgan fingerprint density at radius 1 is 1.09 bits per heavy atom. The Balaban J connectivity index is 1.50. The topological polar surface area (TPSA) is 88.0 Å². The molecule has 0 aromatic heterocycles. The fourth-order valence-electron chi connectivity index (χ4n) is 3.17. The maximum Gasteiger partial charge on any atom is 0.261 e. The third-order valence-electron chi connectivity index (χ3n) is 4.81. The minimum absolute atomic E-state index is 0.0671. The molecule has 0 bridgehead atoms. The predicted octanol–water partition coefficient (Wildman–Crippen LogP) is 5.27. The van der Waals surface area contributed by atoms with Crippen LogP contribution in [0.1, 0.15) is 25.0 Å². The highest BCUT2D eigenvalue weighted by Crippen LogP contribution is 2.38. The standard InChI is InChI=1S/C24H21FN2O4S/c1-24(2)13-12-21-22(31-24)11-6-16(23(21)28)15-26-18-7-9-19(10-8-18)27-32(29,30)20-5-3-4-17(25)14-20/h3-15,27-28H,1-2H3. The zero-order valence-electron chi connectivity index (χ0n) is 17.4. The molecule has 8 heteroatoms. The lowest BCUT2D eigenvalue weighted by molar-refractivity contribution is 0.158. The number of anilines is 1. The molecule has 0 fully saturated rings. The first-order valence-electron chi connectivity index (χ1n) is 9.80. The van der Waals surface area contributed by atoms with E-state index in [1.165, 1.54) is 24.4 Å². The summed E-state index contributed by atoms with van der Waals surface area (Å²) >= 11 is 0. The van der Waals surface area contributed by atoms with Crippen LogP contribution in [-0.2, 0) is 10.0 Å². The van der Waals surface area contributed by atoms with E-state index in [1.54, 1.807) is 36.4 Å². The van der Waals surface area contributed by atoms with Crippen molar-refractivity contribution in [3.8, 4) is 11.5 Å². The largest absolute Gasteiger partial charge is 0.506 e. The number of phenols is 1. The number of aromatic hydroxyl groups is 1. The molecule has 2 N–H and O–H groups in total. The summed E-state index contributed by atoms with van der Waals surface area (Å²) < 4.78 is 46.4. The summed E-state index contributed by atoms with van der Waals surface area (Å²) in [5.74, 6) is 0.0355. The van der Waals surface area contributed by atoms with Gasteiger partial charge in [-0.05, 0) is 80.6 Å². The fraction of sp³-hybridized carbons (Fsp3) is 0.125. The van der Waals surface area contributed by atoms with Gasteiger partial charge in [-0.25, -0.2) is 12.8 Å². The third kappa shape index (κ3) is 4.65. The van der Waals surface area contributed by atoms with E-state index >= 15 is 0 Å². The SMILES string of the molecule is CC1(C)C=Cc2c(ccc(C=Nc3ccc(NS(=O)(=O)c4cccc(F)c4)cc3)c2O)O1. The molecule has 0 radical (unpaired) electrons. The predicted molar refractivity (Wildman–Crippen MR) is 123 cm³/mol. The van der Waals surface area contributed by atoms with Crippen LogP contribution in [0.2, 0.25) is 0 Å². The molecular weight excluding hydrogens is 431 g/mol. The number of sulfonamides is 1. The molecule has 0 saturated carbocycles. The van der Waals surface area contributed by atoms with Crippen LogP contribution < -0.4 is 9.46 Å². The smallest absolute Gasteiger partial charge is 0.261 e. The monoisotopic (exact) mass is 452 g/mol. The highest BCUT2D eigenvalue weighted by Gasteiger charge is 2.24. The number of rotatable bonds is 5. The number of fused-ring (bicyclic) bond motifs is 1. The number of hydrogen-bond acceptors (Lipinski definition) is 5. The van der Waals surface area contributed by atoms with E-state index in [0.29, 0.717) is 28.3 Å². The molecule has 4 rings (SSSR count). The maximum absolute atomic E-state index is 13.3. The lowest BCUT2D eigenvalue weighted by Crippen LogP contribution is -2.27. The third-order valence-corrected chi connectivity index (χ3v) is 6.19. The Hall–Kier alpha value is -3.65. The Labute approximate surface area is 185 Å². The highest BCUT2D eigenvalue weighted by molar-refractivity contribution is 7.92. The van der Waals surface area contributed by atoms with Crippen LogP contribution >= 0.6 is 0 Å². The van der Waals surface area contributed by atoms with E-state index in [-0.39, 0.29) is 10.6 Å². The molecule has 1 aliphatic heterocycles. The van der Waals surface area contributed by atoms with E-state index < -0.39 is 21.4 Å². The van der Waals surface area contributed by atoms with Gasteiger partial charge in [0.25, 0.3) is 10.0 Å². The number of ether oxygens (including phenoxy) is 1. The number of aliphatic imine (C=N–C) groups is 1. The molecule has 0 saturated heterocycles. The van der Waals surface area contributed by atoms with Gasteiger partial charge < -0.3 is 9.84 Å². The summed E-state index contributed by atoms with van der Waals surface area (Å²) in [5, 5.41) is 10.6. The Morgan fingerprint density at radius 2 is 1.84 bits per heavy atom. The first-order valence-corrected chi connectivity index (χ1v) is 11.3. The number of phenolic OH excluding ortho intramolecular Hbond substituents is 1. The first-order chi connectivity index (χ1) is 15.1. The Kier molecular flexibility index (Phi) is 5.48. The van der Waals surface area contributed by atoms with Crippen LogP contribution in [0, 0.1) is 5.82 Å². The number of benzene rings is 3. The van der Waals surface area contributed by atoms with Crippen molar-refractivity contribution in [1.82, 2.24) is 0 Å². The van der Waals surface area contributed by atoms with Crippen LogP contribution in [0.3, 0.4) is 0 Å². The number of halogens is 1. The minimum Gasteiger partial charge on any atom is -0.506 e. The van der Waals surface area contributed by atoms with Gasteiger partial charge >= 0.3 is 0 Å². The fourth-order valence-corrected chi connectivity index (χ4v) is 4.26. The second-order valence-electron chi connectivity index (χ2n) is 7.82. The molecule has 0 spiro atoms. The Bertz CT molecular complexity index is 1330. The van der Waals surface area contributed by atoms with Gasteiger partial charge in [0, 0.05) is 17.5 Å². The van der Waals surface area contributed by atoms with Crippen LogP contribution in [0.4, 0.5) is 15.8 Å². The van der Waals surface area contributed by atoms with Crippen molar-refractivity contribution in [3.63, 3.8) is 0 Å². The van der Waals surface area contributed by atoms with Crippen LogP contribution in [0.25, 0.3) is 6.08 Å². The molecule has 0 amide bonds. The van der Waals surface area contributed by atoms with Crippen molar-refractivity contribution < 1.29 is 22.7 Å². The molecule has 0 unspecified atom stereocenters. The van der Waals surface area contributed by atoms with Crippen molar-refractivity contribution in [2.45, 2.75) is 24.3 Å². The second-order valence-corrected chi connectivity index (χ2v) is 9.50. The summed E-state index contributed by atoms with van der Waals surface area (Å²) in [6.45, 7) is 3.86. The number of nitrogens with one attached hydrogen (secondary N) is 1. The molecule has 3 aromatic carbocycles. The van der Waals surface area contributed by atoms with E-state index in [0.717, 1.165) is 6.07 Å². The molecule has 1 aliphatic rings. The summed E-state index contributed by atoms with van der Waals surface area (Å²) in [4.78, 5) is 4.18. The van der Waals surface area contributed by atoms with E-state index in [1.807, 2.05) is 26.0 Å². The molecule has 0 atom stereocenters. The zero-order chi connectivity index (χ0) is 22.9. The van der Waals surface area contributed by atoms with Gasteiger partial charge in [0.15, 0.2) is 0 Å². The Morgan fingerprint density at radius 3 is 2.56 bits per heavy atom. The molecule has 164 valence electrons. The van der Waals surface area contributed by atoms with Crippen LogP contribution in [0.5, 0.6) is 11.5 Å². The van der Waals surface area contributed by atoms with Gasteiger partial charge in [0.05, 0.1) is 16.1 Å². The average molecular weight is 453 g/mol. The first kappa shape index (κ1) is 21.6. The van der Waals surface area contributed by atoms with E-state index in [4.69, 9.17) is 4.74 Å². The molecule has 1 heterocycles. The normalized spacial score (nSPS) is 14.7. The summed E-state index contributed by atoms with van der Waals surface area (Å²) in [6.07, 6.45) is 5.22. The van der Waals surface area contributed by atoms with Gasteiger partial charge in [0.1, 0.15) is 22.9 Å². The molecular formula is C24H21FN2O4S. The maximum atomic E-state index is 13.3. The summed E-state index contributed by atoms with van der Waals surface area (Å²) in [6, 6.07) is 14.6. The zero-order valence-corrected chi connectivity index (χ0v) is 18.2. The highest BCUT2D eigenvalue weighted by atomic mass is 32.2. The lowest BCUT2D eigenvalue weighted by atomic mass is 10.00. The summed E-state index contributed by atoms with van der Waals surface area (Å²) in [7, 11) is -3.91. The lowest BCUT2D eigenvalue weighted by Gasteiger charge is -2.28. The molecule has 32 heavy (non-hydrogen) atoms. The van der Waals surface area contributed by atoms with Crippen molar-refractivity contribution in [1.29, 1.82) is 0 Å². The second kappa shape index (κ2) is 8.12.